The van der Waals surface area contributed by atoms with Crippen molar-refractivity contribution >= 4 is 41.6 Å². The van der Waals surface area contributed by atoms with Gasteiger partial charge in [-0.3, -0.25) is 48.5 Å². The van der Waals surface area contributed by atoms with Crippen molar-refractivity contribution < 1.29 is 63.5 Å². The van der Waals surface area contributed by atoms with Gasteiger partial charge in [-0.05, 0) is 42.6 Å². The summed E-state index contributed by atoms with van der Waals surface area (Å²) in [5, 5.41) is 34.6. The zero-order chi connectivity index (χ0) is 39.5. The predicted molar refractivity (Wildman–Crippen MR) is 182 cm³/mol. The van der Waals surface area contributed by atoms with Crippen LogP contribution >= 0.6 is 0 Å². The van der Waals surface area contributed by atoms with Crippen molar-refractivity contribution in [3.63, 3.8) is 0 Å². The van der Waals surface area contributed by atoms with E-state index < -0.39 is 43.0 Å². The van der Waals surface area contributed by atoms with Crippen molar-refractivity contribution in [3.05, 3.63) is 65.5 Å². The van der Waals surface area contributed by atoms with Gasteiger partial charge in [-0.2, -0.15) is 9.59 Å². The average Bonchev–Trinajstić information content (AvgIpc) is 3.05. The molecule has 1 aromatic carbocycles. The number of benzene rings is 1. The van der Waals surface area contributed by atoms with Gasteiger partial charge in [-0.15, -0.1) is 0 Å². The maximum absolute atomic E-state index is 12.9. The lowest BCUT2D eigenvalue weighted by Crippen LogP contribution is -2.44. The molecule has 2 aromatic rings. The second-order valence-corrected chi connectivity index (χ2v) is 11.5. The molecular weight excluding hydrogens is 686 g/mol. The first-order valence-electron chi connectivity index (χ1n) is 15.9. The molecule has 0 aliphatic rings. The number of hydrogen-bond acceptors (Lipinski definition) is 14. The standard InChI is InChI=1S/C31H43N5O9.C2H4O2.CO2/c1-34(18-29(39)40)11-12-35(13-14-36(19-30(41)42)20-31(43)44)17-26(37)9-8-23-4-6-24(7-5-23)21-45-22-28(38)27(32)15-25-3-2-10-33-16-25;1-2(3)4;2-1-3/h2-7,10,16,27H,8-9,11-15,17-22,32H2,1H3,(H,39,40)(H,41,42)(H,43,44);1H3,(H,3,4);/t27-;;/m1../s1. The Hall–Kier alpha value is -5.23. The number of nitrogens with zero attached hydrogens (tertiary/aromatic N) is 4. The van der Waals surface area contributed by atoms with E-state index >= 15 is 0 Å². The second kappa shape index (κ2) is 27.5. The Labute approximate surface area is 300 Å². The normalized spacial score (nSPS) is 11.0. The van der Waals surface area contributed by atoms with E-state index in [2.05, 4.69) is 4.98 Å². The van der Waals surface area contributed by atoms with Crippen LogP contribution in [0.15, 0.2) is 48.8 Å². The number of Topliss-reactive ketones (excluding diaryl/α,β-unsaturated/α-hetero) is 2. The van der Waals surface area contributed by atoms with Crippen LogP contribution in [0.2, 0.25) is 0 Å². The van der Waals surface area contributed by atoms with E-state index in [0.717, 1.165) is 23.6 Å². The molecule has 18 nitrogen and oxygen atoms in total. The highest BCUT2D eigenvalue weighted by Crippen LogP contribution is 2.10. The lowest BCUT2D eigenvalue weighted by molar-refractivity contribution is -0.192. The maximum atomic E-state index is 12.9. The lowest BCUT2D eigenvalue weighted by atomic mass is 10.0. The van der Waals surface area contributed by atoms with Gasteiger partial charge in [0.2, 0.25) is 0 Å². The minimum absolute atomic E-state index is 0.0533. The summed E-state index contributed by atoms with van der Waals surface area (Å²) in [7, 11) is 1.64. The van der Waals surface area contributed by atoms with Crippen molar-refractivity contribution in [2.75, 3.05) is 66.0 Å². The topological polar surface area (TPSA) is 275 Å². The summed E-state index contributed by atoms with van der Waals surface area (Å²) in [4.78, 5) is 92.4. The molecule has 18 heteroatoms. The molecule has 1 aromatic heterocycles. The summed E-state index contributed by atoms with van der Waals surface area (Å²) < 4.78 is 5.56. The highest BCUT2D eigenvalue weighted by Gasteiger charge is 2.18. The molecule has 0 fully saturated rings. The Morgan fingerprint density at radius 1 is 0.788 bits per heavy atom. The van der Waals surface area contributed by atoms with Gasteiger partial charge in [0.05, 0.1) is 38.8 Å². The Kier molecular flexibility index (Phi) is 24.7. The number of carbonyl (C=O) groups excluding carboxylic acids is 4. The fourth-order valence-corrected chi connectivity index (χ4v) is 4.45. The number of aliphatic carboxylic acids is 4. The van der Waals surface area contributed by atoms with E-state index in [0.29, 0.717) is 25.9 Å². The van der Waals surface area contributed by atoms with Crippen molar-refractivity contribution in [2.45, 2.75) is 38.8 Å². The van der Waals surface area contributed by atoms with Gasteiger partial charge in [-0.1, -0.05) is 30.3 Å². The van der Waals surface area contributed by atoms with Crippen LogP contribution in [0.3, 0.4) is 0 Å². The fraction of sp³-hybridized carbons (Fsp3) is 0.471. The van der Waals surface area contributed by atoms with Gasteiger partial charge in [-0.25, -0.2) is 0 Å². The van der Waals surface area contributed by atoms with Crippen LogP contribution in [0.1, 0.15) is 30.0 Å². The van der Waals surface area contributed by atoms with Crippen molar-refractivity contribution in [1.29, 1.82) is 0 Å². The molecule has 0 saturated carbocycles. The molecule has 0 spiro atoms. The summed E-state index contributed by atoms with van der Waals surface area (Å²) in [6, 6.07) is 10.5. The van der Waals surface area contributed by atoms with Crippen LogP contribution in [0.4, 0.5) is 0 Å². The molecule has 0 amide bonds. The third-order valence-corrected chi connectivity index (χ3v) is 6.87. The van der Waals surface area contributed by atoms with Gasteiger partial charge in [0.15, 0.2) is 5.78 Å². The number of aryl methyl sites for hydroxylation is 1. The molecule has 0 bridgehead atoms. The zero-order valence-electron chi connectivity index (χ0n) is 29.2. The summed E-state index contributed by atoms with van der Waals surface area (Å²) >= 11 is 0. The van der Waals surface area contributed by atoms with Crippen LogP contribution in [0.5, 0.6) is 0 Å². The molecular formula is C34H47N5O13. The number of carboxylic acids is 4. The summed E-state index contributed by atoms with van der Waals surface area (Å²) in [5.74, 6) is -4.40. The van der Waals surface area contributed by atoms with Crippen molar-refractivity contribution in [3.8, 4) is 0 Å². The molecule has 1 atom stereocenters. The number of ketones is 2. The first kappa shape index (κ1) is 46.8. The number of ether oxygens (including phenoxy) is 1. The van der Waals surface area contributed by atoms with Crippen molar-refractivity contribution in [1.82, 2.24) is 19.7 Å². The zero-order valence-corrected chi connectivity index (χ0v) is 29.2. The van der Waals surface area contributed by atoms with E-state index in [1.807, 2.05) is 30.3 Å². The Bertz CT molecular complexity index is 1420. The average molecular weight is 734 g/mol. The van der Waals surface area contributed by atoms with Gasteiger partial charge in [0.25, 0.3) is 5.97 Å². The largest absolute Gasteiger partial charge is 0.481 e. The smallest absolute Gasteiger partial charge is 0.373 e. The Morgan fingerprint density at radius 2 is 1.31 bits per heavy atom. The van der Waals surface area contributed by atoms with Crippen LogP contribution in [-0.2, 0) is 62.5 Å². The predicted octanol–water partition coefficient (Wildman–Crippen LogP) is -0.464. The monoisotopic (exact) mass is 733 g/mol. The minimum Gasteiger partial charge on any atom is -0.481 e. The fourth-order valence-electron chi connectivity index (χ4n) is 4.45. The molecule has 0 aliphatic heterocycles. The first-order valence-corrected chi connectivity index (χ1v) is 15.9. The highest BCUT2D eigenvalue weighted by molar-refractivity contribution is 5.85. The Morgan fingerprint density at radius 3 is 1.83 bits per heavy atom. The third-order valence-electron chi connectivity index (χ3n) is 6.87. The SMILES string of the molecule is CC(=O)O.CN(CCN(CCN(CC(=O)O)CC(=O)O)CC(=O)CCc1ccc(COCC(=O)[C@H](N)Cc2cccnc2)cc1)CC(=O)O.O=C=O. The van der Waals surface area contributed by atoms with Gasteiger partial charge in [0.1, 0.15) is 12.4 Å². The maximum Gasteiger partial charge on any atom is 0.373 e. The van der Waals surface area contributed by atoms with Crippen LogP contribution in [-0.4, -0.2) is 154 Å². The van der Waals surface area contributed by atoms with Gasteiger partial charge < -0.3 is 30.9 Å². The molecule has 0 saturated heterocycles. The molecule has 6 N–H and O–H groups in total. The lowest BCUT2D eigenvalue weighted by Gasteiger charge is -2.27. The van der Waals surface area contributed by atoms with Crippen LogP contribution in [0, 0.1) is 0 Å². The number of aromatic nitrogens is 1. The molecule has 286 valence electrons. The summed E-state index contributed by atoms with van der Waals surface area (Å²) in [6.07, 6.45) is 4.69. The van der Waals surface area contributed by atoms with Crippen molar-refractivity contribution in [2.24, 2.45) is 5.73 Å². The molecule has 0 unspecified atom stereocenters. The number of likely N-dealkylation sites (N-methyl/N-ethyl adjacent to an activating group) is 1. The van der Waals surface area contributed by atoms with Crippen LogP contribution < -0.4 is 5.73 Å². The Balaban J connectivity index is 0.00000340. The van der Waals surface area contributed by atoms with Crippen LogP contribution in [0.25, 0.3) is 0 Å². The third kappa shape index (κ3) is 25.7. The molecule has 2 rings (SSSR count). The van der Waals surface area contributed by atoms with E-state index in [9.17, 15) is 24.0 Å². The van der Waals surface area contributed by atoms with E-state index in [1.165, 1.54) is 4.90 Å². The molecule has 0 aliphatic carbocycles. The van der Waals surface area contributed by atoms with E-state index in [4.69, 9.17) is 45.3 Å². The number of rotatable bonds is 24. The molecule has 1 heterocycles. The van der Waals surface area contributed by atoms with Gasteiger partial charge in [0, 0.05) is 51.9 Å². The highest BCUT2D eigenvalue weighted by atomic mass is 16.5. The molecule has 0 radical (unpaired) electrons. The number of pyridine rings is 1. The second-order valence-electron chi connectivity index (χ2n) is 11.5. The summed E-state index contributed by atoms with van der Waals surface area (Å²) in [6.45, 7) is 1.22. The van der Waals surface area contributed by atoms with E-state index in [-0.39, 0.29) is 63.5 Å². The first-order chi connectivity index (χ1) is 24.6. The number of hydrogen-bond donors (Lipinski definition) is 5. The van der Waals surface area contributed by atoms with Gasteiger partial charge >= 0.3 is 24.1 Å². The number of nitrogens with two attached hydrogens (primary N) is 1. The molecule has 52 heavy (non-hydrogen) atoms. The number of carboxylic acid groups (broad SMARTS) is 4. The summed E-state index contributed by atoms with van der Waals surface area (Å²) in [5.41, 5.74) is 8.67. The minimum atomic E-state index is -1.16. The van der Waals surface area contributed by atoms with E-state index in [1.54, 1.807) is 35.3 Å². The quantitative estimate of drug-likeness (QED) is 0.0912. The number of carbonyl (C=O) groups is 6.